The van der Waals surface area contributed by atoms with Gasteiger partial charge in [-0.05, 0) is 56.3 Å². The number of halogens is 1. The van der Waals surface area contributed by atoms with E-state index in [1.54, 1.807) is 0 Å². The van der Waals surface area contributed by atoms with Crippen molar-refractivity contribution < 1.29 is 5.11 Å². The first kappa shape index (κ1) is 12.9. The zero-order chi connectivity index (χ0) is 11.4. The van der Waals surface area contributed by atoms with E-state index >= 15 is 0 Å². The first-order valence-electron chi connectivity index (χ1n) is 7.05. The molecular weight excluding hydrogens is 264 g/mol. The maximum atomic E-state index is 10.4. The van der Waals surface area contributed by atoms with Crippen LogP contribution in [0.15, 0.2) is 0 Å². The molecule has 0 radical (unpaired) electrons. The molecule has 0 aromatic rings. The smallest absolute Gasteiger partial charge is 0.0596 e. The van der Waals surface area contributed by atoms with Crippen LogP contribution in [0, 0.1) is 17.8 Å². The van der Waals surface area contributed by atoms with Gasteiger partial charge in [-0.1, -0.05) is 35.2 Å². The number of hydrogen-bond donors (Lipinski definition) is 1. The summed E-state index contributed by atoms with van der Waals surface area (Å²) in [6.07, 6.45) is 11.8. The van der Waals surface area contributed by atoms with Gasteiger partial charge in [-0.15, -0.1) is 0 Å². The van der Waals surface area contributed by atoms with Gasteiger partial charge >= 0.3 is 0 Å². The molecular formula is C14H25BrO. The fraction of sp³-hybridized carbons (Fsp3) is 1.00. The highest BCUT2D eigenvalue weighted by atomic mass is 79.9. The van der Waals surface area contributed by atoms with E-state index in [1.807, 2.05) is 0 Å². The molecule has 2 saturated carbocycles. The summed E-state index contributed by atoms with van der Waals surface area (Å²) in [6, 6.07) is 0. The third-order valence-electron chi connectivity index (χ3n) is 4.73. The van der Waals surface area contributed by atoms with Gasteiger partial charge in [-0.3, -0.25) is 0 Å². The highest BCUT2D eigenvalue weighted by Crippen LogP contribution is 2.37. The van der Waals surface area contributed by atoms with E-state index in [9.17, 15) is 5.11 Å². The molecule has 94 valence electrons. The third-order valence-corrected chi connectivity index (χ3v) is 5.64. The molecule has 0 aliphatic heterocycles. The van der Waals surface area contributed by atoms with Gasteiger partial charge in [0.05, 0.1) is 6.10 Å². The highest BCUT2D eigenvalue weighted by Gasteiger charge is 2.31. The molecule has 0 bridgehead atoms. The molecule has 1 unspecified atom stereocenters. The molecule has 1 nitrogen and oxygen atoms in total. The first-order valence-corrected chi connectivity index (χ1v) is 8.17. The zero-order valence-electron chi connectivity index (χ0n) is 10.2. The predicted molar refractivity (Wildman–Crippen MR) is 71.8 cm³/mol. The van der Waals surface area contributed by atoms with Gasteiger partial charge in [0.25, 0.3) is 0 Å². The molecule has 2 rings (SSSR count). The summed E-state index contributed by atoms with van der Waals surface area (Å²) in [5.74, 6) is 2.10. The maximum Gasteiger partial charge on any atom is 0.0596 e. The van der Waals surface area contributed by atoms with E-state index < -0.39 is 0 Å². The standard InChI is InChI=1S/C14H25BrO/c15-10-11-6-8-13(9-7-11)14(16)12-4-2-1-3-5-12/h11-14,16H,1-10H2. The van der Waals surface area contributed by atoms with Crippen molar-refractivity contribution in [3.8, 4) is 0 Å². The van der Waals surface area contributed by atoms with Gasteiger partial charge in [0.2, 0.25) is 0 Å². The molecule has 1 atom stereocenters. The van der Waals surface area contributed by atoms with E-state index in [0.29, 0.717) is 11.8 Å². The molecule has 16 heavy (non-hydrogen) atoms. The lowest BCUT2D eigenvalue weighted by Gasteiger charge is -2.36. The van der Waals surface area contributed by atoms with Gasteiger partial charge in [0.1, 0.15) is 0 Å². The van der Waals surface area contributed by atoms with Gasteiger partial charge < -0.3 is 5.11 Å². The molecule has 2 aliphatic rings. The second kappa shape index (κ2) is 6.39. The Balaban J connectivity index is 1.78. The van der Waals surface area contributed by atoms with Crippen molar-refractivity contribution in [2.24, 2.45) is 17.8 Å². The quantitative estimate of drug-likeness (QED) is 0.775. The number of rotatable bonds is 3. The highest BCUT2D eigenvalue weighted by molar-refractivity contribution is 9.09. The van der Waals surface area contributed by atoms with Crippen molar-refractivity contribution in [2.75, 3.05) is 5.33 Å². The van der Waals surface area contributed by atoms with Crippen LogP contribution in [-0.2, 0) is 0 Å². The van der Waals surface area contributed by atoms with Crippen molar-refractivity contribution in [1.82, 2.24) is 0 Å². The Morgan fingerprint density at radius 2 is 1.44 bits per heavy atom. The van der Waals surface area contributed by atoms with Crippen LogP contribution in [0.5, 0.6) is 0 Å². The summed E-state index contributed by atoms with van der Waals surface area (Å²) < 4.78 is 0. The van der Waals surface area contributed by atoms with Crippen LogP contribution in [0.3, 0.4) is 0 Å². The summed E-state index contributed by atoms with van der Waals surface area (Å²) in [5, 5.41) is 11.6. The molecule has 0 aromatic carbocycles. The summed E-state index contributed by atoms with van der Waals surface area (Å²) in [7, 11) is 0. The van der Waals surface area contributed by atoms with Crippen molar-refractivity contribution >= 4 is 15.9 Å². The average molecular weight is 289 g/mol. The average Bonchev–Trinajstić information content (AvgIpc) is 2.39. The Morgan fingerprint density at radius 1 is 0.875 bits per heavy atom. The maximum absolute atomic E-state index is 10.4. The summed E-state index contributed by atoms with van der Waals surface area (Å²) in [6.45, 7) is 0. The molecule has 0 heterocycles. The molecule has 0 amide bonds. The van der Waals surface area contributed by atoms with E-state index in [4.69, 9.17) is 0 Å². The molecule has 0 spiro atoms. The second-order valence-electron chi connectivity index (χ2n) is 5.82. The molecule has 2 aliphatic carbocycles. The van der Waals surface area contributed by atoms with Crippen LogP contribution >= 0.6 is 15.9 Å². The van der Waals surface area contributed by atoms with Crippen LogP contribution in [0.25, 0.3) is 0 Å². The van der Waals surface area contributed by atoms with Crippen LogP contribution in [-0.4, -0.2) is 16.5 Å². The molecule has 0 saturated heterocycles. The van der Waals surface area contributed by atoms with Crippen LogP contribution in [0.2, 0.25) is 0 Å². The topological polar surface area (TPSA) is 20.2 Å². The van der Waals surface area contributed by atoms with Crippen molar-refractivity contribution in [1.29, 1.82) is 0 Å². The monoisotopic (exact) mass is 288 g/mol. The minimum Gasteiger partial charge on any atom is -0.393 e. The van der Waals surface area contributed by atoms with Crippen LogP contribution in [0.4, 0.5) is 0 Å². The number of aliphatic hydroxyl groups excluding tert-OH is 1. The van der Waals surface area contributed by atoms with Crippen LogP contribution in [0.1, 0.15) is 57.8 Å². The number of alkyl halides is 1. The normalized spacial score (nSPS) is 34.9. The lowest BCUT2D eigenvalue weighted by molar-refractivity contribution is 0.0137. The van der Waals surface area contributed by atoms with Gasteiger partial charge in [0.15, 0.2) is 0 Å². The molecule has 2 heteroatoms. The Kier molecular flexibility index (Phi) is 5.15. The second-order valence-corrected chi connectivity index (χ2v) is 6.47. The molecule has 0 aromatic heterocycles. The SMILES string of the molecule is OC(C1CCCCC1)C1CCC(CBr)CC1. The lowest BCUT2D eigenvalue weighted by atomic mass is 9.73. The van der Waals surface area contributed by atoms with Crippen molar-refractivity contribution in [3.05, 3.63) is 0 Å². The van der Waals surface area contributed by atoms with Crippen molar-refractivity contribution in [2.45, 2.75) is 63.9 Å². The van der Waals surface area contributed by atoms with E-state index in [1.165, 1.54) is 57.8 Å². The van der Waals surface area contributed by atoms with Gasteiger partial charge in [0, 0.05) is 5.33 Å². The van der Waals surface area contributed by atoms with Gasteiger partial charge in [-0.25, -0.2) is 0 Å². The fourth-order valence-electron chi connectivity index (χ4n) is 3.54. The minimum absolute atomic E-state index is 0.0107. The van der Waals surface area contributed by atoms with Crippen molar-refractivity contribution in [3.63, 3.8) is 0 Å². The summed E-state index contributed by atoms with van der Waals surface area (Å²) >= 11 is 3.58. The van der Waals surface area contributed by atoms with E-state index in [-0.39, 0.29) is 6.10 Å². The number of aliphatic hydroxyl groups is 1. The minimum atomic E-state index is 0.0107. The summed E-state index contributed by atoms with van der Waals surface area (Å²) in [5.41, 5.74) is 0. The number of hydrogen-bond acceptors (Lipinski definition) is 1. The third kappa shape index (κ3) is 3.22. The molecule has 1 N–H and O–H groups in total. The predicted octanol–water partition coefficient (Wildman–Crippen LogP) is 4.13. The van der Waals surface area contributed by atoms with Gasteiger partial charge in [-0.2, -0.15) is 0 Å². The fourth-order valence-corrected chi connectivity index (χ4v) is 4.19. The van der Waals surface area contributed by atoms with E-state index in [0.717, 1.165) is 11.2 Å². The Labute approximate surface area is 108 Å². The Morgan fingerprint density at radius 3 is 2.00 bits per heavy atom. The summed E-state index contributed by atoms with van der Waals surface area (Å²) in [4.78, 5) is 0. The largest absolute Gasteiger partial charge is 0.393 e. The zero-order valence-corrected chi connectivity index (χ0v) is 11.8. The Hall–Kier alpha value is 0.440. The first-order chi connectivity index (χ1) is 7.81. The lowest BCUT2D eigenvalue weighted by Crippen LogP contribution is -2.33. The Bertz CT molecular complexity index is 193. The van der Waals surface area contributed by atoms with Crippen LogP contribution < -0.4 is 0 Å². The van der Waals surface area contributed by atoms with E-state index in [2.05, 4.69) is 15.9 Å². The molecule has 2 fully saturated rings.